The molecule has 1 aliphatic rings. The van der Waals surface area contributed by atoms with E-state index in [4.69, 9.17) is 9.26 Å². The van der Waals surface area contributed by atoms with Crippen LogP contribution in [0.4, 0.5) is 0 Å². The molecule has 3 atom stereocenters. The van der Waals surface area contributed by atoms with E-state index in [1.54, 1.807) is 18.3 Å². The second kappa shape index (κ2) is 9.91. The molecule has 3 unspecified atom stereocenters. The van der Waals surface area contributed by atoms with E-state index in [0.29, 0.717) is 28.2 Å². The van der Waals surface area contributed by atoms with Crippen LogP contribution < -0.4 is 5.32 Å². The summed E-state index contributed by atoms with van der Waals surface area (Å²) in [6, 6.07) is 5.30. The summed E-state index contributed by atoms with van der Waals surface area (Å²) < 4.78 is 10.3. The molecule has 2 heterocycles. The Morgan fingerprint density at radius 3 is 2.93 bits per heavy atom. The van der Waals surface area contributed by atoms with Gasteiger partial charge < -0.3 is 14.6 Å². The number of aromatic nitrogens is 2. The molecule has 0 spiro atoms. The highest BCUT2D eigenvalue weighted by molar-refractivity contribution is 7.98. The normalized spacial score (nSPS) is 21.6. The minimum absolute atomic E-state index is 0.139. The number of ether oxygens (including phenoxy) is 1. The van der Waals surface area contributed by atoms with E-state index in [-0.39, 0.29) is 18.6 Å². The molecule has 1 aliphatic carbocycles. The first-order valence-electron chi connectivity index (χ1n) is 9.90. The molecule has 2 aromatic heterocycles. The number of nitrogens with zero attached hydrogens (tertiary/aromatic N) is 2. The maximum absolute atomic E-state index is 12.5. The lowest BCUT2D eigenvalue weighted by Gasteiger charge is -2.34. The highest BCUT2D eigenvalue weighted by Gasteiger charge is 2.28. The van der Waals surface area contributed by atoms with Crippen molar-refractivity contribution >= 4 is 23.6 Å². The van der Waals surface area contributed by atoms with Gasteiger partial charge in [-0.2, -0.15) is 0 Å². The lowest BCUT2D eigenvalue weighted by Crippen LogP contribution is -2.45. The number of hydrogen-bond acceptors (Lipinski definition) is 7. The fourth-order valence-corrected chi connectivity index (χ4v) is 4.40. The molecule has 156 valence electrons. The van der Waals surface area contributed by atoms with E-state index >= 15 is 0 Å². The third kappa shape index (κ3) is 5.82. The minimum atomic E-state index is -0.558. The Bertz CT molecular complexity index is 854. The zero-order chi connectivity index (χ0) is 20.8. The number of aryl methyl sites for hydroxylation is 1. The number of amides is 1. The van der Waals surface area contributed by atoms with Crippen LogP contribution in [-0.4, -0.2) is 34.7 Å². The van der Waals surface area contributed by atoms with E-state index in [0.717, 1.165) is 24.3 Å². The number of pyridine rings is 1. The smallest absolute Gasteiger partial charge is 0.341 e. The highest BCUT2D eigenvalue weighted by atomic mass is 32.2. The van der Waals surface area contributed by atoms with Crippen molar-refractivity contribution in [2.24, 2.45) is 11.8 Å². The third-order valence-corrected chi connectivity index (χ3v) is 6.45. The van der Waals surface area contributed by atoms with Crippen LogP contribution in [0.1, 0.15) is 54.9 Å². The average Bonchev–Trinajstić information content (AvgIpc) is 3.13. The molecule has 3 rings (SSSR count). The van der Waals surface area contributed by atoms with Crippen LogP contribution in [0.3, 0.4) is 0 Å². The Labute approximate surface area is 175 Å². The Kier molecular flexibility index (Phi) is 7.30. The molecule has 1 fully saturated rings. The quantitative estimate of drug-likeness (QED) is 0.541. The molecule has 0 aliphatic heterocycles. The van der Waals surface area contributed by atoms with Crippen molar-refractivity contribution in [2.75, 3.05) is 6.61 Å². The monoisotopic (exact) mass is 417 g/mol. The molecule has 0 aromatic carbocycles. The summed E-state index contributed by atoms with van der Waals surface area (Å²) in [6.07, 6.45) is 4.89. The predicted molar refractivity (Wildman–Crippen MR) is 109 cm³/mol. The lowest BCUT2D eigenvalue weighted by molar-refractivity contribution is -0.125. The predicted octanol–water partition coefficient (Wildman–Crippen LogP) is 3.77. The average molecular weight is 418 g/mol. The second-order valence-corrected chi connectivity index (χ2v) is 8.56. The topological polar surface area (TPSA) is 94.3 Å². The van der Waals surface area contributed by atoms with E-state index < -0.39 is 5.97 Å². The second-order valence-electron chi connectivity index (χ2n) is 7.59. The largest absolute Gasteiger partial charge is 0.452 e. The summed E-state index contributed by atoms with van der Waals surface area (Å²) in [5.41, 5.74) is 1.11. The van der Waals surface area contributed by atoms with Gasteiger partial charge in [-0.05, 0) is 37.3 Å². The maximum atomic E-state index is 12.5. The SMILES string of the molecule is Cc1cc(CSc2ncccc2C(=O)OCC(=O)NC2CCCC(C)C2C)no1. The first kappa shape index (κ1) is 21.4. The van der Waals surface area contributed by atoms with E-state index in [9.17, 15) is 9.59 Å². The molecule has 0 bridgehead atoms. The van der Waals surface area contributed by atoms with Crippen molar-refractivity contribution in [1.82, 2.24) is 15.5 Å². The van der Waals surface area contributed by atoms with Gasteiger partial charge in [0.1, 0.15) is 10.8 Å². The minimum Gasteiger partial charge on any atom is -0.452 e. The van der Waals surface area contributed by atoms with E-state index in [1.807, 2.05) is 13.0 Å². The number of nitrogens with one attached hydrogen (secondary N) is 1. The number of esters is 1. The van der Waals surface area contributed by atoms with Crippen molar-refractivity contribution < 1.29 is 18.8 Å². The third-order valence-electron chi connectivity index (χ3n) is 5.41. The first-order valence-corrected chi connectivity index (χ1v) is 10.9. The molecule has 1 saturated carbocycles. The van der Waals surface area contributed by atoms with Gasteiger partial charge in [-0.3, -0.25) is 4.79 Å². The molecule has 7 nitrogen and oxygen atoms in total. The van der Waals surface area contributed by atoms with E-state index in [2.05, 4.69) is 29.3 Å². The number of thioether (sulfide) groups is 1. The molecule has 0 saturated heterocycles. The van der Waals surface area contributed by atoms with E-state index in [1.165, 1.54) is 18.2 Å². The van der Waals surface area contributed by atoms with Crippen LogP contribution in [-0.2, 0) is 15.3 Å². The van der Waals surface area contributed by atoms with Gasteiger partial charge >= 0.3 is 5.97 Å². The van der Waals surface area contributed by atoms with Gasteiger partial charge in [0.25, 0.3) is 5.91 Å². The standard InChI is InChI=1S/C21H27N3O4S/c1-13-6-4-8-18(15(13)3)23-19(25)11-27-21(26)17-7-5-9-22-20(17)29-12-16-10-14(2)28-24-16/h5,7,9-10,13,15,18H,4,6,8,11-12H2,1-3H3,(H,23,25). The summed E-state index contributed by atoms with van der Waals surface area (Å²) in [6.45, 7) is 5.91. The first-order chi connectivity index (χ1) is 13.9. The van der Waals surface area contributed by atoms with Crippen LogP contribution in [0.15, 0.2) is 33.9 Å². The molecular weight excluding hydrogens is 390 g/mol. The summed E-state index contributed by atoms with van der Waals surface area (Å²) in [5, 5.41) is 7.49. The Morgan fingerprint density at radius 1 is 1.34 bits per heavy atom. The fraction of sp³-hybridized carbons (Fsp3) is 0.524. The number of carbonyl (C=O) groups excluding carboxylic acids is 2. The molecule has 2 aromatic rings. The molecule has 8 heteroatoms. The zero-order valence-electron chi connectivity index (χ0n) is 17.0. The molecule has 1 amide bonds. The summed E-state index contributed by atoms with van der Waals surface area (Å²) in [7, 11) is 0. The van der Waals surface area contributed by atoms with Crippen molar-refractivity contribution in [3.05, 3.63) is 41.4 Å². The molecule has 0 radical (unpaired) electrons. The fourth-order valence-electron chi connectivity index (χ4n) is 3.53. The number of rotatable bonds is 7. The number of carbonyl (C=O) groups is 2. The summed E-state index contributed by atoms with van der Waals surface area (Å²) >= 11 is 1.37. The Hall–Kier alpha value is -2.35. The molecule has 1 N–H and O–H groups in total. The number of hydrogen-bond donors (Lipinski definition) is 1. The Morgan fingerprint density at radius 2 is 2.17 bits per heavy atom. The van der Waals surface area contributed by atoms with Crippen LogP contribution in [0.25, 0.3) is 0 Å². The molecule has 29 heavy (non-hydrogen) atoms. The maximum Gasteiger partial charge on any atom is 0.341 e. The zero-order valence-corrected chi connectivity index (χ0v) is 17.8. The van der Waals surface area contributed by atoms with Gasteiger partial charge in [0.2, 0.25) is 0 Å². The van der Waals surface area contributed by atoms with Crippen molar-refractivity contribution in [3.63, 3.8) is 0 Å². The van der Waals surface area contributed by atoms with Crippen molar-refractivity contribution in [1.29, 1.82) is 0 Å². The van der Waals surface area contributed by atoms with Crippen molar-refractivity contribution in [2.45, 2.75) is 56.9 Å². The van der Waals surface area contributed by atoms with Gasteiger partial charge in [-0.15, -0.1) is 0 Å². The lowest BCUT2D eigenvalue weighted by atomic mass is 9.78. The Balaban J connectivity index is 1.53. The summed E-state index contributed by atoms with van der Waals surface area (Å²) in [5.74, 6) is 1.43. The molecular formula is C21H27N3O4S. The highest BCUT2D eigenvalue weighted by Crippen LogP contribution is 2.29. The van der Waals surface area contributed by atoms with Gasteiger partial charge in [-0.1, -0.05) is 43.6 Å². The van der Waals surface area contributed by atoms with Crippen LogP contribution >= 0.6 is 11.8 Å². The van der Waals surface area contributed by atoms with Gasteiger partial charge in [-0.25, -0.2) is 9.78 Å². The van der Waals surface area contributed by atoms with Crippen LogP contribution in [0.2, 0.25) is 0 Å². The van der Waals surface area contributed by atoms with Crippen LogP contribution in [0, 0.1) is 18.8 Å². The van der Waals surface area contributed by atoms with Gasteiger partial charge in [0.15, 0.2) is 6.61 Å². The van der Waals surface area contributed by atoms with Crippen molar-refractivity contribution in [3.8, 4) is 0 Å². The van der Waals surface area contributed by atoms with Gasteiger partial charge in [0.05, 0.1) is 11.3 Å². The van der Waals surface area contributed by atoms with Crippen LogP contribution in [0.5, 0.6) is 0 Å². The summed E-state index contributed by atoms with van der Waals surface area (Å²) in [4.78, 5) is 29.0. The van der Waals surface area contributed by atoms with Gasteiger partial charge in [0, 0.05) is 24.1 Å².